The number of hydrogen-bond donors (Lipinski definition) is 0. The van der Waals surface area contributed by atoms with E-state index in [1.165, 1.54) is 35.6 Å². The molecule has 0 bridgehead atoms. The zero-order valence-electron chi connectivity index (χ0n) is 16.7. The van der Waals surface area contributed by atoms with E-state index in [-0.39, 0.29) is 16.8 Å². The highest BCUT2D eigenvalue weighted by molar-refractivity contribution is 5.88. The molecule has 1 aromatic rings. The van der Waals surface area contributed by atoms with Crippen LogP contribution < -0.4 is 0 Å². The number of fused-ring (bicyclic) bond motifs is 2. The van der Waals surface area contributed by atoms with E-state index in [0.717, 1.165) is 18.4 Å². The molecule has 0 spiro atoms. The lowest BCUT2D eigenvalue weighted by molar-refractivity contribution is -0.131. The molecule has 0 saturated carbocycles. The lowest BCUT2D eigenvalue weighted by atomic mass is 9.62. The number of carbonyl (C=O) groups is 1. The van der Waals surface area contributed by atoms with Crippen LogP contribution in [0.2, 0.25) is 0 Å². The fourth-order valence-electron chi connectivity index (χ4n) is 4.05. The minimum absolute atomic E-state index is 0.151. The molecular weight excluding hydrogens is 320 g/mol. The van der Waals surface area contributed by atoms with Crippen LogP contribution in [0.5, 0.6) is 0 Å². The lowest BCUT2D eigenvalue weighted by Crippen LogP contribution is -2.34. The van der Waals surface area contributed by atoms with Gasteiger partial charge in [-0.1, -0.05) is 52.0 Å². The van der Waals surface area contributed by atoms with Gasteiger partial charge >= 0.3 is 5.97 Å². The van der Waals surface area contributed by atoms with Crippen LogP contribution in [0.15, 0.2) is 42.5 Å². The summed E-state index contributed by atoms with van der Waals surface area (Å²) < 4.78 is 5.68. The second-order valence-electron chi connectivity index (χ2n) is 8.74. The van der Waals surface area contributed by atoms with Gasteiger partial charge in [0, 0.05) is 11.6 Å². The van der Waals surface area contributed by atoms with Gasteiger partial charge in [-0.3, -0.25) is 0 Å². The van der Waals surface area contributed by atoms with Crippen molar-refractivity contribution in [1.29, 1.82) is 0 Å². The minimum Gasteiger partial charge on any atom is -0.423 e. The Balaban J connectivity index is 1.99. The van der Waals surface area contributed by atoms with Crippen molar-refractivity contribution in [2.24, 2.45) is 0 Å². The molecule has 2 aliphatic carbocycles. The molecule has 0 saturated heterocycles. The largest absolute Gasteiger partial charge is 0.423 e. The standard InChI is InChI=1S/C24H30O2/c1-6-7-8-12-22(25)26-21-11-9-10-17-15-19-20(16-18(17)21)24(4,5)14-13-23(19,2)3/h6-8,11-12,15-16H,9-10,13-14H2,1-5H3. The van der Waals surface area contributed by atoms with Gasteiger partial charge in [-0.2, -0.15) is 0 Å². The quantitative estimate of drug-likeness (QED) is 0.380. The SMILES string of the molecule is CC=CC=CC(=O)OC1=CCCc2cc3c(cc21)C(C)(C)CCC3(C)C. The van der Waals surface area contributed by atoms with Crippen LogP contribution in [0, 0.1) is 0 Å². The van der Waals surface area contributed by atoms with E-state index in [4.69, 9.17) is 4.74 Å². The molecule has 0 N–H and O–H groups in total. The summed E-state index contributed by atoms with van der Waals surface area (Å²) in [4.78, 5) is 12.1. The highest BCUT2D eigenvalue weighted by Gasteiger charge is 2.38. The first-order valence-electron chi connectivity index (χ1n) is 9.64. The Morgan fingerprint density at radius 2 is 1.69 bits per heavy atom. The minimum atomic E-state index is -0.320. The first-order chi connectivity index (χ1) is 12.2. The smallest absolute Gasteiger partial charge is 0.336 e. The summed E-state index contributed by atoms with van der Waals surface area (Å²) >= 11 is 0. The number of aryl methyl sites for hydroxylation is 1. The Labute approximate surface area is 157 Å². The molecule has 3 rings (SSSR count). The summed E-state index contributed by atoms with van der Waals surface area (Å²) in [5.74, 6) is 0.392. The molecule has 0 aliphatic heterocycles. The molecule has 138 valence electrons. The molecule has 0 atom stereocenters. The number of esters is 1. The number of hydrogen-bond acceptors (Lipinski definition) is 2. The highest BCUT2D eigenvalue weighted by Crippen LogP contribution is 2.47. The maximum Gasteiger partial charge on any atom is 0.336 e. The van der Waals surface area contributed by atoms with Crippen molar-refractivity contribution in [2.45, 2.75) is 71.1 Å². The van der Waals surface area contributed by atoms with E-state index in [0.29, 0.717) is 5.76 Å². The van der Waals surface area contributed by atoms with Crippen molar-refractivity contribution >= 4 is 11.7 Å². The molecule has 2 nitrogen and oxygen atoms in total. The van der Waals surface area contributed by atoms with Gasteiger partial charge in [-0.15, -0.1) is 0 Å². The first kappa shape index (κ1) is 18.7. The predicted molar refractivity (Wildman–Crippen MR) is 108 cm³/mol. The van der Waals surface area contributed by atoms with Crippen LogP contribution >= 0.6 is 0 Å². The van der Waals surface area contributed by atoms with Gasteiger partial charge in [0.2, 0.25) is 0 Å². The fourth-order valence-corrected chi connectivity index (χ4v) is 4.05. The number of benzene rings is 1. The van der Waals surface area contributed by atoms with Crippen LogP contribution in [0.4, 0.5) is 0 Å². The van der Waals surface area contributed by atoms with Crippen LogP contribution in [0.25, 0.3) is 5.76 Å². The number of carbonyl (C=O) groups excluding carboxylic acids is 1. The molecule has 0 aromatic heterocycles. The summed E-state index contributed by atoms with van der Waals surface area (Å²) in [6.45, 7) is 11.3. The lowest BCUT2D eigenvalue weighted by Gasteiger charge is -2.42. The van der Waals surface area contributed by atoms with Crippen molar-refractivity contribution in [3.8, 4) is 0 Å². The molecule has 0 fully saturated rings. The Kier molecular flexibility index (Phi) is 4.96. The van der Waals surface area contributed by atoms with Crippen molar-refractivity contribution in [3.05, 3.63) is 64.8 Å². The van der Waals surface area contributed by atoms with Crippen molar-refractivity contribution in [3.63, 3.8) is 0 Å². The van der Waals surface area contributed by atoms with Crippen molar-refractivity contribution in [2.75, 3.05) is 0 Å². The number of allylic oxidation sites excluding steroid dienone is 4. The number of ether oxygens (including phenoxy) is 1. The van der Waals surface area contributed by atoms with Gasteiger partial charge in [-0.05, 0) is 72.3 Å². The Morgan fingerprint density at radius 1 is 1.04 bits per heavy atom. The van der Waals surface area contributed by atoms with E-state index in [1.807, 2.05) is 19.1 Å². The third-order valence-electron chi connectivity index (χ3n) is 5.83. The van der Waals surface area contributed by atoms with E-state index in [1.54, 1.807) is 6.08 Å². The van der Waals surface area contributed by atoms with E-state index >= 15 is 0 Å². The summed E-state index contributed by atoms with van der Waals surface area (Å²) in [6, 6.07) is 4.67. The van der Waals surface area contributed by atoms with Gasteiger partial charge in [0.1, 0.15) is 5.76 Å². The van der Waals surface area contributed by atoms with Crippen LogP contribution in [-0.2, 0) is 26.8 Å². The fraction of sp³-hybridized carbons (Fsp3) is 0.458. The Morgan fingerprint density at radius 3 is 2.35 bits per heavy atom. The molecule has 0 heterocycles. The van der Waals surface area contributed by atoms with E-state index < -0.39 is 0 Å². The third-order valence-corrected chi connectivity index (χ3v) is 5.83. The zero-order chi connectivity index (χ0) is 18.9. The maximum atomic E-state index is 12.1. The van der Waals surface area contributed by atoms with Crippen LogP contribution in [-0.4, -0.2) is 5.97 Å². The number of rotatable bonds is 3. The molecule has 2 heteroatoms. The van der Waals surface area contributed by atoms with E-state index in [2.05, 4.69) is 45.9 Å². The van der Waals surface area contributed by atoms with Gasteiger partial charge < -0.3 is 4.74 Å². The topological polar surface area (TPSA) is 26.3 Å². The molecule has 26 heavy (non-hydrogen) atoms. The molecule has 2 aliphatic rings. The van der Waals surface area contributed by atoms with Crippen molar-refractivity contribution in [1.82, 2.24) is 0 Å². The second kappa shape index (κ2) is 6.90. The molecule has 0 radical (unpaired) electrons. The average Bonchev–Trinajstić information content (AvgIpc) is 2.59. The second-order valence-corrected chi connectivity index (χ2v) is 8.74. The van der Waals surface area contributed by atoms with Gasteiger partial charge in [0.15, 0.2) is 0 Å². The molecule has 1 aromatic carbocycles. The highest BCUT2D eigenvalue weighted by atomic mass is 16.5. The summed E-state index contributed by atoms with van der Waals surface area (Å²) in [7, 11) is 0. The molecule has 0 amide bonds. The van der Waals surface area contributed by atoms with Crippen LogP contribution in [0.1, 0.15) is 76.1 Å². The van der Waals surface area contributed by atoms with Gasteiger partial charge in [-0.25, -0.2) is 4.79 Å². The van der Waals surface area contributed by atoms with Gasteiger partial charge in [0.25, 0.3) is 0 Å². The van der Waals surface area contributed by atoms with Gasteiger partial charge in [0.05, 0.1) is 0 Å². The predicted octanol–water partition coefficient (Wildman–Crippen LogP) is 6.00. The summed E-state index contributed by atoms with van der Waals surface area (Å²) in [5, 5.41) is 0. The van der Waals surface area contributed by atoms with E-state index in [9.17, 15) is 4.79 Å². The molecule has 0 unspecified atom stereocenters. The Hall–Kier alpha value is -2.09. The Bertz CT molecular complexity index is 804. The van der Waals surface area contributed by atoms with Crippen molar-refractivity contribution < 1.29 is 9.53 Å². The van der Waals surface area contributed by atoms with Crippen LogP contribution in [0.3, 0.4) is 0 Å². The third kappa shape index (κ3) is 3.56. The maximum absolute atomic E-state index is 12.1. The normalized spacial score (nSPS) is 20.6. The summed E-state index contributed by atoms with van der Waals surface area (Å²) in [5.41, 5.74) is 5.62. The zero-order valence-corrected chi connectivity index (χ0v) is 16.7. The summed E-state index contributed by atoms with van der Waals surface area (Å²) in [6.07, 6.45) is 13.3. The molecular formula is C24H30O2. The first-order valence-corrected chi connectivity index (χ1v) is 9.64. The average molecular weight is 351 g/mol. The monoisotopic (exact) mass is 350 g/mol.